The van der Waals surface area contributed by atoms with Crippen molar-refractivity contribution in [2.75, 3.05) is 63.9 Å². The maximum atomic E-state index is 9.51. The lowest BCUT2D eigenvalue weighted by Gasteiger charge is -2.26. The van der Waals surface area contributed by atoms with Crippen LogP contribution in [0.2, 0.25) is 0 Å². The number of rotatable bonds is 14. The zero-order valence-electron chi connectivity index (χ0n) is 15.5. The fourth-order valence-corrected chi connectivity index (χ4v) is 5.12. The Morgan fingerprint density at radius 1 is 0.958 bits per heavy atom. The van der Waals surface area contributed by atoms with E-state index in [9.17, 15) is 10.2 Å². The van der Waals surface area contributed by atoms with E-state index >= 15 is 0 Å². The minimum atomic E-state index is -0.332. The van der Waals surface area contributed by atoms with Gasteiger partial charge in [-0.15, -0.1) is 0 Å². The van der Waals surface area contributed by atoms with Crippen LogP contribution in [0.15, 0.2) is 0 Å². The van der Waals surface area contributed by atoms with E-state index in [1.165, 1.54) is 38.2 Å². The molecular weight excluding hydrogens is 342 g/mol. The maximum absolute atomic E-state index is 9.51. The number of aliphatic hydroxyl groups excluding tert-OH is 2. The van der Waals surface area contributed by atoms with Crippen LogP contribution >= 0.6 is 21.6 Å². The summed E-state index contributed by atoms with van der Waals surface area (Å²) in [6.45, 7) is 11.8. The number of aliphatic hydroxyl groups is 2. The van der Waals surface area contributed by atoms with Crippen LogP contribution in [0, 0.1) is 0 Å². The van der Waals surface area contributed by atoms with Gasteiger partial charge in [-0.2, -0.15) is 0 Å². The van der Waals surface area contributed by atoms with Gasteiger partial charge in [0.05, 0.1) is 12.2 Å². The minimum absolute atomic E-state index is 0.332. The summed E-state index contributed by atoms with van der Waals surface area (Å²) in [7, 11) is 3.95. The maximum Gasteiger partial charge on any atom is 0.0639 e. The molecule has 24 heavy (non-hydrogen) atoms. The average molecular weight is 380 g/mol. The molecular formula is C17H37N3O2S2. The highest BCUT2D eigenvalue weighted by Gasteiger charge is 2.11. The molecule has 2 atom stereocenters. The van der Waals surface area contributed by atoms with Crippen molar-refractivity contribution >= 4 is 21.6 Å². The van der Waals surface area contributed by atoms with Crippen LogP contribution in [0.1, 0.15) is 33.1 Å². The molecule has 0 bridgehead atoms. The molecule has 0 saturated carbocycles. The molecule has 1 aliphatic heterocycles. The van der Waals surface area contributed by atoms with Crippen molar-refractivity contribution in [3.63, 3.8) is 0 Å². The number of unbranched alkanes of at least 4 members (excludes halogenated alkanes) is 1. The normalized spacial score (nSPS) is 18.9. The van der Waals surface area contributed by atoms with E-state index in [-0.39, 0.29) is 12.2 Å². The number of nitrogens with zero attached hydrogens (tertiary/aromatic N) is 2. The summed E-state index contributed by atoms with van der Waals surface area (Å²) in [6, 6.07) is 0. The monoisotopic (exact) mass is 379 g/mol. The minimum Gasteiger partial charge on any atom is -0.392 e. The first kappa shape index (κ1) is 22.5. The molecule has 0 aromatic carbocycles. The van der Waals surface area contributed by atoms with Crippen molar-refractivity contribution in [3.8, 4) is 0 Å². The molecule has 0 radical (unpaired) electrons. The number of hydrogen-bond donors (Lipinski definition) is 3. The van der Waals surface area contributed by atoms with Crippen molar-refractivity contribution in [2.45, 2.75) is 45.3 Å². The lowest BCUT2D eigenvalue weighted by Crippen LogP contribution is -2.43. The second-order valence-corrected chi connectivity index (χ2v) is 9.46. The number of nitrogens with one attached hydrogen (secondary N) is 1. The molecule has 1 fully saturated rings. The molecule has 144 valence electrons. The van der Waals surface area contributed by atoms with Crippen molar-refractivity contribution in [2.24, 2.45) is 0 Å². The van der Waals surface area contributed by atoms with Crippen LogP contribution in [-0.2, 0) is 0 Å². The van der Waals surface area contributed by atoms with Crippen molar-refractivity contribution in [1.29, 1.82) is 0 Å². The lowest BCUT2D eigenvalue weighted by molar-refractivity contribution is 0.0839. The van der Waals surface area contributed by atoms with Crippen LogP contribution in [0.5, 0.6) is 0 Å². The third-order valence-corrected chi connectivity index (χ3v) is 6.57. The molecule has 1 saturated heterocycles. The van der Waals surface area contributed by atoms with Crippen LogP contribution < -0.4 is 5.32 Å². The molecule has 1 aliphatic rings. The van der Waals surface area contributed by atoms with Crippen LogP contribution in [0.3, 0.4) is 0 Å². The Bertz CT molecular complexity index is 281. The molecule has 3 N–H and O–H groups in total. The first-order valence-electron chi connectivity index (χ1n) is 9.34. The molecule has 0 spiro atoms. The van der Waals surface area contributed by atoms with Crippen molar-refractivity contribution < 1.29 is 10.2 Å². The van der Waals surface area contributed by atoms with Gasteiger partial charge in [0, 0.05) is 50.8 Å². The van der Waals surface area contributed by atoms with Crippen molar-refractivity contribution in [3.05, 3.63) is 0 Å². The number of hydrogen-bond acceptors (Lipinski definition) is 7. The van der Waals surface area contributed by atoms with Gasteiger partial charge in [-0.05, 0) is 46.2 Å². The number of piperazine rings is 1. The molecule has 5 nitrogen and oxygen atoms in total. The highest BCUT2D eigenvalue weighted by Crippen LogP contribution is 2.23. The molecule has 0 aromatic rings. The van der Waals surface area contributed by atoms with Gasteiger partial charge in [0.25, 0.3) is 0 Å². The summed E-state index contributed by atoms with van der Waals surface area (Å²) in [5.74, 6) is 2.38. The Balaban J connectivity index is 1.91. The topological polar surface area (TPSA) is 59.0 Å². The Kier molecular flexibility index (Phi) is 13.8. The van der Waals surface area contributed by atoms with E-state index in [1.807, 2.05) is 21.6 Å². The summed E-state index contributed by atoms with van der Waals surface area (Å²) in [6.07, 6.45) is 3.06. The molecule has 1 heterocycles. The summed E-state index contributed by atoms with van der Waals surface area (Å²) in [5, 5.41) is 22.4. The Morgan fingerprint density at radius 3 is 2.12 bits per heavy atom. The predicted octanol–water partition coefficient (Wildman–Crippen LogP) is 1.51. The second-order valence-electron chi connectivity index (χ2n) is 6.75. The standard InChI is InChI=1S/C17H37N3O2S2/c1-16(21)14-20(15-17(2)22)9-5-13-24-23-12-4-3-8-19-10-6-18-7-11-19/h16-18,21-22H,3-15H2,1-2H3. The van der Waals surface area contributed by atoms with E-state index < -0.39 is 0 Å². The van der Waals surface area contributed by atoms with E-state index in [0.29, 0.717) is 13.1 Å². The molecule has 0 aliphatic carbocycles. The zero-order chi connectivity index (χ0) is 17.6. The quantitative estimate of drug-likeness (QED) is 0.312. The van der Waals surface area contributed by atoms with Gasteiger partial charge in [0.15, 0.2) is 0 Å². The van der Waals surface area contributed by atoms with Gasteiger partial charge in [0.2, 0.25) is 0 Å². The summed E-state index contributed by atoms with van der Waals surface area (Å²) >= 11 is 0. The molecule has 0 aromatic heterocycles. The fourth-order valence-electron chi connectivity index (χ4n) is 2.90. The molecule has 2 unspecified atom stereocenters. The van der Waals surface area contributed by atoms with Crippen molar-refractivity contribution in [1.82, 2.24) is 15.1 Å². The molecule has 0 amide bonds. The van der Waals surface area contributed by atoms with Gasteiger partial charge in [-0.25, -0.2) is 0 Å². The van der Waals surface area contributed by atoms with Gasteiger partial charge < -0.3 is 20.4 Å². The van der Waals surface area contributed by atoms with E-state index in [0.717, 1.165) is 31.8 Å². The second kappa shape index (κ2) is 14.6. The van der Waals surface area contributed by atoms with Gasteiger partial charge >= 0.3 is 0 Å². The first-order chi connectivity index (χ1) is 11.6. The zero-order valence-corrected chi connectivity index (χ0v) is 17.1. The van der Waals surface area contributed by atoms with Gasteiger partial charge in [-0.1, -0.05) is 21.6 Å². The van der Waals surface area contributed by atoms with Gasteiger partial charge in [0.1, 0.15) is 0 Å². The Morgan fingerprint density at radius 2 is 1.54 bits per heavy atom. The largest absolute Gasteiger partial charge is 0.392 e. The Hall–Kier alpha value is 0.500. The average Bonchev–Trinajstić information content (AvgIpc) is 2.53. The first-order valence-corrected chi connectivity index (χ1v) is 11.8. The highest BCUT2D eigenvalue weighted by molar-refractivity contribution is 8.76. The van der Waals surface area contributed by atoms with E-state index in [1.54, 1.807) is 13.8 Å². The third-order valence-electron chi connectivity index (χ3n) is 3.99. The highest BCUT2D eigenvalue weighted by atomic mass is 33.1. The van der Waals surface area contributed by atoms with Crippen LogP contribution in [-0.4, -0.2) is 96.1 Å². The van der Waals surface area contributed by atoms with E-state index in [2.05, 4.69) is 15.1 Å². The molecule has 1 rings (SSSR count). The van der Waals surface area contributed by atoms with Crippen LogP contribution in [0.4, 0.5) is 0 Å². The van der Waals surface area contributed by atoms with Crippen LogP contribution in [0.25, 0.3) is 0 Å². The molecule has 7 heteroatoms. The third kappa shape index (κ3) is 12.8. The summed E-state index contributed by atoms with van der Waals surface area (Å²) in [4.78, 5) is 4.72. The summed E-state index contributed by atoms with van der Waals surface area (Å²) < 4.78 is 0. The lowest BCUT2D eigenvalue weighted by atomic mass is 10.3. The predicted molar refractivity (Wildman–Crippen MR) is 108 cm³/mol. The SMILES string of the molecule is CC(O)CN(CCCSSCCCCN1CCNCC1)CC(C)O. The summed E-state index contributed by atoms with van der Waals surface area (Å²) in [5.41, 5.74) is 0. The fraction of sp³-hybridized carbons (Fsp3) is 1.00. The van der Waals surface area contributed by atoms with E-state index in [4.69, 9.17) is 0 Å². The Labute approximate surface area is 156 Å². The van der Waals surface area contributed by atoms with Gasteiger partial charge in [-0.3, -0.25) is 4.90 Å². The smallest absolute Gasteiger partial charge is 0.0639 e.